The second-order valence-electron chi connectivity index (χ2n) is 12.2. The van der Waals surface area contributed by atoms with Gasteiger partial charge in [-0.1, -0.05) is 32.0 Å². The lowest BCUT2D eigenvalue weighted by Gasteiger charge is -2.42. The second kappa shape index (κ2) is 11.4. The maximum absolute atomic E-state index is 13.6. The zero-order chi connectivity index (χ0) is 28.4. The number of benzene rings is 1. The van der Waals surface area contributed by atoms with Gasteiger partial charge in [-0.3, -0.25) is 19.0 Å². The van der Waals surface area contributed by atoms with Crippen molar-refractivity contribution in [3.8, 4) is 0 Å². The highest BCUT2D eigenvalue weighted by Crippen LogP contribution is 2.32. The highest BCUT2D eigenvalue weighted by molar-refractivity contribution is 5.95. The second-order valence-corrected chi connectivity index (χ2v) is 12.2. The van der Waals surface area contributed by atoms with E-state index in [0.29, 0.717) is 43.7 Å². The molecule has 1 spiro atoms. The van der Waals surface area contributed by atoms with Crippen molar-refractivity contribution >= 4 is 34.7 Å². The third-order valence-electron chi connectivity index (χ3n) is 7.14. The molecule has 2 aromatic rings. The largest absolute Gasteiger partial charge is 0.443 e. The van der Waals surface area contributed by atoms with Crippen molar-refractivity contribution in [3.63, 3.8) is 0 Å². The van der Waals surface area contributed by atoms with Gasteiger partial charge in [0.1, 0.15) is 17.7 Å². The van der Waals surface area contributed by atoms with E-state index in [1.54, 1.807) is 27.0 Å². The van der Waals surface area contributed by atoms with Gasteiger partial charge in [0.2, 0.25) is 17.7 Å². The molecule has 0 radical (unpaired) electrons. The van der Waals surface area contributed by atoms with Crippen LogP contribution in [-0.2, 0) is 30.3 Å². The molecular formula is C29H40N4O6. The van der Waals surface area contributed by atoms with Gasteiger partial charge in [0.25, 0.3) is 0 Å². The first-order chi connectivity index (χ1) is 18.4. The molecule has 2 aliphatic rings. The van der Waals surface area contributed by atoms with Gasteiger partial charge in [-0.2, -0.15) is 0 Å². The maximum Gasteiger partial charge on any atom is 0.419 e. The van der Waals surface area contributed by atoms with Crippen LogP contribution in [0.25, 0.3) is 10.9 Å². The lowest BCUT2D eigenvalue weighted by Crippen LogP contribution is -2.58. The molecule has 3 amide bonds. The first-order valence-corrected chi connectivity index (χ1v) is 13.6. The SMILES string of the molecule is CC(C)C[C@@H]1NC(=O)[C@H](Cc2cn(C(=O)OC(C)(C)C)c3ccccc23)NC(=O)CCC2(CNC1=O)COC2. The van der Waals surface area contributed by atoms with Crippen LogP contribution in [0.1, 0.15) is 59.4 Å². The number of para-hydroxylation sites is 1. The first kappa shape index (κ1) is 28.6. The Morgan fingerprint density at radius 2 is 1.82 bits per heavy atom. The monoisotopic (exact) mass is 540 g/mol. The van der Waals surface area contributed by atoms with E-state index in [1.807, 2.05) is 38.1 Å². The Balaban J connectivity index is 1.64. The predicted octanol–water partition coefficient (Wildman–Crippen LogP) is 2.91. The number of ether oxygens (including phenoxy) is 2. The molecule has 0 bridgehead atoms. The molecule has 212 valence electrons. The van der Waals surface area contributed by atoms with Crippen molar-refractivity contribution < 1.29 is 28.7 Å². The number of nitrogens with one attached hydrogen (secondary N) is 3. The van der Waals surface area contributed by atoms with E-state index >= 15 is 0 Å². The number of nitrogens with zero attached hydrogens (tertiary/aromatic N) is 1. The molecule has 2 fully saturated rings. The van der Waals surface area contributed by atoms with Crippen molar-refractivity contribution in [1.29, 1.82) is 0 Å². The summed E-state index contributed by atoms with van der Waals surface area (Å²) in [6.07, 6.45) is 2.47. The summed E-state index contributed by atoms with van der Waals surface area (Å²) in [7, 11) is 0. The zero-order valence-corrected chi connectivity index (χ0v) is 23.5. The third kappa shape index (κ3) is 6.98. The summed E-state index contributed by atoms with van der Waals surface area (Å²) < 4.78 is 12.4. The number of amides is 3. The summed E-state index contributed by atoms with van der Waals surface area (Å²) in [6.45, 7) is 10.7. The molecule has 39 heavy (non-hydrogen) atoms. The fourth-order valence-electron chi connectivity index (χ4n) is 5.05. The summed E-state index contributed by atoms with van der Waals surface area (Å²) >= 11 is 0. The third-order valence-corrected chi connectivity index (χ3v) is 7.14. The lowest BCUT2D eigenvalue weighted by molar-refractivity contribution is -0.140. The van der Waals surface area contributed by atoms with Crippen molar-refractivity contribution in [1.82, 2.24) is 20.5 Å². The van der Waals surface area contributed by atoms with Crippen molar-refractivity contribution in [3.05, 3.63) is 36.0 Å². The minimum atomic E-state index is -0.939. The van der Waals surface area contributed by atoms with Gasteiger partial charge >= 0.3 is 6.09 Å². The molecule has 0 saturated carbocycles. The molecule has 2 saturated heterocycles. The molecule has 0 aliphatic carbocycles. The molecule has 1 aromatic heterocycles. The zero-order valence-electron chi connectivity index (χ0n) is 23.5. The van der Waals surface area contributed by atoms with E-state index in [1.165, 1.54) is 4.57 Å². The van der Waals surface area contributed by atoms with Gasteiger partial charge in [0, 0.05) is 36.4 Å². The summed E-state index contributed by atoms with van der Waals surface area (Å²) in [6, 6.07) is 5.69. The maximum atomic E-state index is 13.6. The van der Waals surface area contributed by atoms with Crippen LogP contribution in [0.15, 0.2) is 30.5 Å². The summed E-state index contributed by atoms with van der Waals surface area (Å²) in [5.41, 5.74) is 0.386. The van der Waals surface area contributed by atoms with Crippen LogP contribution in [-0.4, -0.2) is 65.8 Å². The Hall–Kier alpha value is -3.40. The normalized spacial score (nSPS) is 22.4. The van der Waals surface area contributed by atoms with Crippen molar-refractivity contribution in [2.24, 2.45) is 11.3 Å². The van der Waals surface area contributed by atoms with Crippen LogP contribution in [0.2, 0.25) is 0 Å². The lowest BCUT2D eigenvalue weighted by atomic mass is 9.80. The number of carbonyl (C=O) groups excluding carboxylic acids is 4. The topological polar surface area (TPSA) is 128 Å². The minimum Gasteiger partial charge on any atom is -0.443 e. The van der Waals surface area contributed by atoms with Gasteiger partial charge in [-0.15, -0.1) is 0 Å². The van der Waals surface area contributed by atoms with Gasteiger partial charge in [-0.05, 0) is 51.2 Å². The van der Waals surface area contributed by atoms with Crippen LogP contribution in [0.4, 0.5) is 4.79 Å². The van der Waals surface area contributed by atoms with Crippen LogP contribution in [0, 0.1) is 11.3 Å². The molecule has 0 unspecified atom stereocenters. The Morgan fingerprint density at radius 1 is 1.10 bits per heavy atom. The molecule has 3 N–H and O–H groups in total. The van der Waals surface area contributed by atoms with Gasteiger partial charge in [0.15, 0.2) is 0 Å². The number of carbonyl (C=O) groups is 4. The fourth-order valence-corrected chi connectivity index (χ4v) is 5.05. The van der Waals surface area contributed by atoms with Crippen LogP contribution in [0.3, 0.4) is 0 Å². The first-order valence-electron chi connectivity index (χ1n) is 13.6. The molecule has 2 atom stereocenters. The predicted molar refractivity (Wildman–Crippen MR) is 146 cm³/mol. The Labute approximate surface area is 229 Å². The van der Waals surface area contributed by atoms with E-state index in [9.17, 15) is 19.2 Å². The summed E-state index contributed by atoms with van der Waals surface area (Å²) in [5.74, 6) is -0.768. The van der Waals surface area contributed by atoms with E-state index < -0.39 is 29.7 Å². The van der Waals surface area contributed by atoms with Gasteiger partial charge < -0.3 is 25.4 Å². The minimum absolute atomic E-state index is 0.137. The number of hydrogen-bond acceptors (Lipinski definition) is 6. The highest BCUT2D eigenvalue weighted by atomic mass is 16.6. The highest BCUT2D eigenvalue weighted by Gasteiger charge is 2.40. The fraction of sp³-hybridized carbons (Fsp3) is 0.586. The molecule has 3 heterocycles. The van der Waals surface area contributed by atoms with Crippen molar-refractivity contribution in [2.75, 3.05) is 19.8 Å². The smallest absolute Gasteiger partial charge is 0.419 e. The molecule has 1 aromatic carbocycles. The van der Waals surface area contributed by atoms with Gasteiger partial charge in [0.05, 0.1) is 18.7 Å². The molecule has 2 aliphatic heterocycles. The number of hydrogen-bond donors (Lipinski definition) is 3. The summed E-state index contributed by atoms with van der Waals surface area (Å²) in [4.78, 5) is 52.7. The Kier molecular flexibility index (Phi) is 8.34. The summed E-state index contributed by atoms with van der Waals surface area (Å²) in [5, 5.41) is 9.55. The van der Waals surface area contributed by atoms with Crippen LogP contribution >= 0.6 is 0 Å². The average Bonchev–Trinajstić information content (AvgIpc) is 3.19. The molecule has 4 rings (SSSR count). The number of aromatic nitrogens is 1. The van der Waals surface area contributed by atoms with E-state index in [0.717, 1.165) is 5.39 Å². The van der Waals surface area contributed by atoms with Crippen LogP contribution in [0.5, 0.6) is 0 Å². The molecule has 10 heteroatoms. The Bertz CT molecular complexity index is 1240. The average molecular weight is 541 g/mol. The van der Waals surface area contributed by atoms with Crippen molar-refractivity contribution in [2.45, 2.75) is 78.0 Å². The number of rotatable bonds is 4. The van der Waals surface area contributed by atoms with E-state index in [-0.39, 0.29) is 36.0 Å². The Morgan fingerprint density at radius 3 is 2.46 bits per heavy atom. The molecule has 10 nitrogen and oxygen atoms in total. The van der Waals surface area contributed by atoms with Crippen LogP contribution < -0.4 is 16.0 Å². The van der Waals surface area contributed by atoms with E-state index in [2.05, 4.69) is 16.0 Å². The standard InChI is InChI=1S/C29H40N4O6/c1-18(2)12-21-25(35)30-15-29(16-38-17-29)11-10-24(34)31-22(26(36)32-21)13-19-14-33(27(37)39-28(3,4)5)23-9-7-6-8-20(19)23/h6-9,14,18,21-22H,10-13,15-17H2,1-5H3,(H,30,35)(H,31,34)(H,32,36)/t21-,22-/m0/s1. The van der Waals surface area contributed by atoms with E-state index in [4.69, 9.17) is 9.47 Å². The quantitative estimate of drug-likeness (QED) is 0.547. The van der Waals surface area contributed by atoms with Gasteiger partial charge in [-0.25, -0.2) is 4.79 Å². The number of fused-ring (bicyclic) bond motifs is 1. The molecular weight excluding hydrogens is 500 g/mol.